The second-order valence-electron chi connectivity index (χ2n) is 7.71. The van der Waals surface area contributed by atoms with Crippen LogP contribution in [0.4, 0.5) is 5.69 Å². The van der Waals surface area contributed by atoms with Crippen molar-refractivity contribution in [1.29, 1.82) is 0 Å². The zero-order chi connectivity index (χ0) is 18.4. The van der Waals surface area contributed by atoms with Gasteiger partial charge in [-0.1, -0.05) is 43.9 Å². The maximum Gasteiger partial charge on any atom is 0.238 e. The number of nitrogens with zero attached hydrogens (tertiary/aromatic N) is 2. The Kier molecular flexibility index (Phi) is 6.67. The predicted molar refractivity (Wildman–Crippen MR) is 104 cm³/mol. The van der Waals surface area contributed by atoms with E-state index < -0.39 is 0 Å². The van der Waals surface area contributed by atoms with Crippen LogP contribution in [-0.4, -0.2) is 54.3 Å². The monoisotopic (exact) mass is 357 g/mol. The lowest BCUT2D eigenvalue weighted by Gasteiger charge is -2.34. The number of aryl methyl sites for hydroxylation is 1. The smallest absolute Gasteiger partial charge is 0.238 e. The first-order chi connectivity index (χ1) is 12.6. The summed E-state index contributed by atoms with van der Waals surface area (Å²) in [5.74, 6) is 1.08. The van der Waals surface area contributed by atoms with Crippen molar-refractivity contribution in [3.63, 3.8) is 0 Å². The molecule has 0 bridgehead atoms. The van der Waals surface area contributed by atoms with Crippen LogP contribution in [0.3, 0.4) is 0 Å². The number of anilines is 1. The standard InChI is InChI=1S/C21H31N3O2/c1-17-6-2-5-9-19(17)22-20(25)16-23-12-14-24(15-13-23)21(26)11-10-18-7-3-4-8-18/h2,5-6,9,18H,3-4,7-8,10-16H2,1H3,(H,22,25). The normalized spacial score (nSPS) is 18.9. The Labute approximate surface area is 156 Å². The fourth-order valence-corrected chi connectivity index (χ4v) is 4.05. The molecule has 1 saturated heterocycles. The fraction of sp³-hybridized carbons (Fsp3) is 0.619. The molecular formula is C21H31N3O2. The van der Waals surface area contributed by atoms with Gasteiger partial charge in [0.25, 0.3) is 0 Å². The summed E-state index contributed by atoms with van der Waals surface area (Å²) in [7, 11) is 0. The molecule has 2 fully saturated rings. The van der Waals surface area contributed by atoms with E-state index in [4.69, 9.17) is 0 Å². The van der Waals surface area contributed by atoms with Gasteiger partial charge >= 0.3 is 0 Å². The van der Waals surface area contributed by atoms with Crippen molar-refractivity contribution in [2.45, 2.75) is 45.4 Å². The number of carbonyl (C=O) groups is 2. The fourth-order valence-electron chi connectivity index (χ4n) is 4.05. The quantitative estimate of drug-likeness (QED) is 0.851. The Morgan fingerprint density at radius 3 is 2.46 bits per heavy atom. The third-order valence-corrected chi connectivity index (χ3v) is 5.75. The van der Waals surface area contributed by atoms with Gasteiger partial charge in [-0.2, -0.15) is 0 Å². The first kappa shape index (κ1) is 18.9. The Hall–Kier alpha value is -1.88. The van der Waals surface area contributed by atoms with E-state index in [9.17, 15) is 9.59 Å². The van der Waals surface area contributed by atoms with Gasteiger partial charge in [-0.05, 0) is 30.9 Å². The highest BCUT2D eigenvalue weighted by Crippen LogP contribution is 2.28. The molecule has 0 aromatic heterocycles. The van der Waals surface area contributed by atoms with Crippen molar-refractivity contribution < 1.29 is 9.59 Å². The first-order valence-corrected chi connectivity index (χ1v) is 9.97. The lowest BCUT2D eigenvalue weighted by Crippen LogP contribution is -2.50. The van der Waals surface area contributed by atoms with Gasteiger partial charge < -0.3 is 10.2 Å². The molecule has 1 aromatic rings. The van der Waals surface area contributed by atoms with Gasteiger partial charge in [0.2, 0.25) is 11.8 Å². The number of para-hydroxylation sites is 1. The van der Waals surface area contributed by atoms with E-state index in [0.717, 1.165) is 49.8 Å². The van der Waals surface area contributed by atoms with E-state index in [1.807, 2.05) is 36.1 Å². The molecule has 1 aliphatic carbocycles. The summed E-state index contributed by atoms with van der Waals surface area (Å²) in [6.45, 7) is 5.40. The average Bonchev–Trinajstić information content (AvgIpc) is 3.16. The number of carbonyl (C=O) groups excluding carboxylic acids is 2. The SMILES string of the molecule is Cc1ccccc1NC(=O)CN1CCN(C(=O)CCC2CCCC2)CC1. The number of nitrogens with one attached hydrogen (secondary N) is 1. The lowest BCUT2D eigenvalue weighted by molar-refractivity contribution is -0.133. The molecule has 0 unspecified atom stereocenters. The molecule has 1 heterocycles. The number of amides is 2. The van der Waals surface area contributed by atoms with Crippen LogP contribution in [0.1, 0.15) is 44.1 Å². The number of hydrogen-bond acceptors (Lipinski definition) is 3. The average molecular weight is 357 g/mol. The molecule has 1 saturated carbocycles. The molecule has 5 heteroatoms. The molecule has 0 atom stereocenters. The third-order valence-electron chi connectivity index (χ3n) is 5.75. The van der Waals surface area contributed by atoms with E-state index in [1.54, 1.807) is 0 Å². The van der Waals surface area contributed by atoms with Gasteiger partial charge in [0.1, 0.15) is 0 Å². The van der Waals surface area contributed by atoms with Gasteiger partial charge in [0, 0.05) is 38.3 Å². The molecule has 3 rings (SSSR count). The van der Waals surface area contributed by atoms with Crippen molar-refractivity contribution in [2.75, 3.05) is 38.0 Å². The van der Waals surface area contributed by atoms with Crippen molar-refractivity contribution in [1.82, 2.24) is 9.80 Å². The van der Waals surface area contributed by atoms with Gasteiger partial charge in [0.15, 0.2) is 0 Å². The maximum atomic E-state index is 12.4. The summed E-state index contributed by atoms with van der Waals surface area (Å²) in [5, 5.41) is 2.98. The van der Waals surface area contributed by atoms with E-state index in [2.05, 4.69) is 10.2 Å². The highest BCUT2D eigenvalue weighted by Gasteiger charge is 2.23. The molecule has 1 N–H and O–H groups in total. The summed E-state index contributed by atoms with van der Waals surface area (Å²) in [6.07, 6.45) is 7.02. The Bertz CT molecular complexity index is 617. The number of benzene rings is 1. The van der Waals surface area contributed by atoms with Crippen LogP contribution in [0.25, 0.3) is 0 Å². The number of piperazine rings is 1. The molecule has 1 aromatic carbocycles. The summed E-state index contributed by atoms with van der Waals surface area (Å²) in [5.41, 5.74) is 1.94. The van der Waals surface area contributed by atoms with Crippen LogP contribution in [-0.2, 0) is 9.59 Å². The topological polar surface area (TPSA) is 52.7 Å². The van der Waals surface area contributed by atoms with Gasteiger partial charge in [-0.15, -0.1) is 0 Å². The second-order valence-corrected chi connectivity index (χ2v) is 7.71. The van der Waals surface area contributed by atoms with Crippen LogP contribution >= 0.6 is 0 Å². The number of hydrogen-bond donors (Lipinski definition) is 1. The molecule has 5 nitrogen and oxygen atoms in total. The van der Waals surface area contributed by atoms with Crippen molar-refractivity contribution in [3.8, 4) is 0 Å². The zero-order valence-electron chi connectivity index (χ0n) is 15.9. The van der Waals surface area contributed by atoms with Gasteiger partial charge in [0.05, 0.1) is 6.54 Å². The minimum atomic E-state index is 0.0142. The predicted octanol–water partition coefficient (Wildman–Crippen LogP) is 3.05. The molecule has 26 heavy (non-hydrogen) atoms. The van der Waals surface area contributed by atoms with Crippen LogP contribution in [0.15, 0.2) is 24.3 Å². The van der Waals surface area contributed by atoms with Crippen LogP contribution < -0.4 is 5.32 Å². The second kappa shape index (κ2) is 9.17. The van der Waals surface area contributed by atoms with Gasteiger partial charge in [-0.25, -0.2) is 0 Å². The Morgan fingerprint density at radius 2 is 1.77 bits per heavy atom. The summed E-state index contributed by atoms with van der Waals surface area (Å²) < 4.78 is 0. The van der Waals surface area contributed by atoms with Crippen molar-refractivity contribution >= 4 is 17.5 Å². The summed E-state index contributed by atoms with van der Waals surface area (Å²) in [4.78, 5) is 28.8. The molecule has 0 radical (unpaired) electrons. The minimum Gasteiger partial charge on any atom is -0.340 e. The maximum absolute atomic E-state index is 12.4. The Morgan fingerprint density at radius 1 is 1.08 bits per heavy atom. The first-order valence-electron chi connectivity index (χ1n) is 9.97. The van der Waals surface area contributed by atoms with Crippen LogP contribution in [0.5, 0.6) is 0 Å². The zero-order valence-corrected chi connectivity index (χ0v) is 15.9. The summed E-state index contributed by atoms with van der Waals surface area (Å²) in [6, 6.07) is 7.81. The molecular weight excluding hydrogens is 326 g/mol. The lowest BCUT2D eigenvalue weighted by atomic mass is 10.0. The molecule has 2 aliphatic rings. The van der Waals surface area contributed by atoms with Gasteiger partial charge in [-0.3, -0.25) is 14.5 Å². The largest absolute Gasteiger partial charge is 0.340 e. The van der Waals surface area contributed by atoms with Crippen molar-refractivity contribution in [3.05, 3.63) is 29.8 Å². The number of rotatable bonds is 6. The Balaban J connectivity index is 1.37. The molecule has 0 spiro atoms. The van der Waals surface area contributed by atoms with Crippen molar-refractivity contribution in [2.24, 2.45) is 5.92 Å². The summed E-state index contributed by atoms with van der Waals surface area (Å²) >= 11 is 0. The van der Waals surface area contributed by atoms with E-state index in [1.165, 1.54) is 25.7 Å². The molecule has 1 aliphatic heterocycles. The minimum absolute atomic E-state index is 0.0142. The van der Waals surface area contributed by atoms with E-state index in [-0.39, 0.29) is 5.91 Å². The van der Waals surface area contributed by atoms with E-state index >= 15 is 0 Å². The highest BCUT2D eigenvalue weighted by molar-refractivity contribution is 5.92. The molecule has 2 amide bonds. The highest BCUT2D eigenvalue weighted by atomic mass is 16.2. The third kappa shape index (κ3) is 5.31. The molecule has 142 valence electrons. The van der Waals surface area contributed by atoms with E-state index in [0.29, 0.717) is 18.9 Å². The van der Waals surface area contributed by atoms with Crippen LogP contribution in [0, 0.1) is 12.8 Å². The van der Waals surface area contributed by atoms with Crippen LogP contribution in [0.2, 0.25) is 0 Å².